The number of amides is 4. The van der Waals surface area contributed by atoms with Gasteiger partial charge in [0.15, 0.2) is 0 Å². The Morgan fingerprint density at radius 1 is 0.341 bits per heavy atom. The molecule has 44 heavy (non-hydrogen) atoms. The maximum atomic E-state index is 13.3. The molecule has 0 spiro atoms. The van der Waals surface area contributed by atoms with E-state index in [2.05, 4.69) is 23.7 Å². The lowest BCUT2D eigenvalue weighted by atomic mass is 10.1. The van der Waals surface area contributed by atoms with Crippen molar-refractivity contribution in [2.24, 2.45) is 0 Å². The summed E-state index contributed by atoms with van der Waals surface area (Å²) in [6, 6.07) is 35.0. The minimum Gasteiger partial charge on any atom is -0.268 e. The van der Waals surface area contributed by atoms with E-state index in [0.29, 0.717) is 22.5 Å². The van der Waals surface area contributed by atoms with Gasteiger partial charge in [-0.2, -0.15) is 0 Å². The Bertz CT molecular complexity index is 1990. The third kappa shape index (κ3) is 4.63. The molecule has 2 heterocycles. The Kier molecular flexibility index (Phi) is 6.43. The second-order valence-electron chi connectivity index (χ2n) is 10.2. The van der Waals surface area contributed by atoms with Crippen molar-refractivity contribution in [1.82, 2.24) is 0 Å². The summed E-state index contributed by atoms with van der Waals surface area (Å²) in [5, 5.41) is 0. The molecule has 0 atom stereocenters. The summed E-state index contributed by atoms with van der Waals surface area (Å²) in [6.07, 6.45) is 0. The number of fused-ring (bicyclic) bond motifs is 2. The highest BCUT2D eigenvalue weighted by atomic mass is 16.2. The number of rotatable bonds is 2. The molecule has 0 fully saturated rings. The van der Waals surface area contributed by atoms with Crippen molar-refractivity contribution in [3.8, 4) is 23.7 Å². The highest BCUT2D eigenvalue weighted by Gasteiger charge is 2.39. The zero-order chi connectivity index (χ0) is 30.2. The fraction of sp³-hybridized carbons (Fsp3) is 0. The lowest BCUT2D eigenvalue weighted by Gasteiger charge is -2.17. The second-order valence-corrected chi connectivity index (χ2v) is 10.2. The maximum Gasteiger partial charge on any atom is 0.266 e. The summed E-state index contributed by atoms with van der Waals surface area (Å²) in [5.41, 5.74) is 4.68. The molecule has 0 saturated heterocycles. The molecule has 7 rings (SSSR count). The number of carbonyl (C=O) groups is 4. The normalized spacial score (nSPS) is 13.2. The second kappa shape index (κ2) is 10.7. The summed E-state index contributed by atoms with van der Waals surface area (Å²) in [5.74, 6) is 10.4. The minimum atomic E-state index is -0.467. The van der Waals surface area contributed by atoms with Crippen LogP contribution in [0.2, 0.25) is 0 Å². The van der Waals surface area contributed by atoms with Gasteiger partial charge in [0.2, 0.25) is 0 Å². The molecular weight excluding hydrogens is 548 g/mol. The Labute approximate surface area is 253 Å². The largest absolute Gasteiger partial charge is 0.268 e. The van der Waals surface area contributed by atoms with Gasteiger partial charge in [0.05, 0.1) is 33.6 Å². The molecule has 0 aromatic heterocycles. The van der Waals surface area contributed by atoms with E-state index < -0.39 is 23.6 Å². The Morgan fingerprint density at radius 2 is 0.682 bits per heavy atom. The number of imide groups is 2. The molecule has 206 valence electrons. The first kappa shape index (κ1) is 26.4. The third-order valence-corrected chi connectivity index (χ3v) is 7.39. The first-order valence-corrected chi connectivity index (χ1v) is 13.8. The van der Waals surface area contributed by atoms with Crippen LogP contribution in [0.1, 0.15) is 63.7 Å². The molecule has 2 aliphatic rings. The van der Waals surface area contributed by atoms with Crippen molar-refractivity contribution in [2.45, 2.75) is 0 Å². The van der Waals surface area contributed by atoms with Crippen molar-refractivity contribution in [3.05, 3.63) is 166 Å². The summed E-state index contributed by atoms with van der Waals surface area (Å²) in [4.78, 5) is 55.2. The van der Waals surface area contributed by atoms with Gasteiger partial charge in [-0.15, -0.1) is 0 Å². The van der Waals surface area contributed by atoms with Crippen molar-refractivity contribution in [1.29, 1.82) is 0 Å². The Balaban J connectivity index is 1.11. The van der Waals surface area contributed by atoms with Crippen molar-refractivity contribution in [3.63, 3.8) is 0 Å². The third-order valence-electron chi connectivity index (χ3n) is 7.39. The van der Waals surface area contributed by atoms with Crippen molar-refractivity contribution < 1.29 is 19.2 Å². The average Bonchev–Trinajstić information content (AvgIpc) is 3.47. The van der Waals surface area contributed by atoms with E-state index in [9.17, 15) is 19.2 Å². The van der Waals surface area contributed by atoms with Crippen LogP contribution in [0.25, 0.3) is 0 Å². The highest BCUT2D eigenvalue weighted by molar-refractivity contribution is 6.35. The van der Waals surface area contributed by atoms with Crippen LogP contribution in [0.4, 0.5) is 11.4 Å². The minimum absolute atomic E-state index is 0.269. The smallest absolute Gasteiger partial charge is 0.266 e. The predicted octanol–water partition coefficient (Wildman–Crippen LogP) is 6.09. The van der Waals surface area contributed by atoms with Crippen LogP contribution in [0, 0.1) is 23.7 Å². The molecule has 0 bridgehead atoms. The molecular formula is C38H20N2O4. The van der Waals surface area contributed by atoms with Gasteiger partial charge >= 0.3 is 0 Å². The Morgan fingerprint density at radius 3 is 1.07 bits per heavy atom. The summed E-state index contributed by atoms with van der Waals surface area (Å²) >= 11 is 0. The van der Waals surface area contributed by atoms with Gasteiger partial charge in [0.1, 0.15) is 0 Å². The zero-order valence-electron chi connectivity index (χ0n) is 23.1. The maximum absolute atomic E-state index is 13.3. The fourth-order valence-corrected chi connectivity index (χ4v) is 5.19. The van der Waals surface area contributed by atoms with Crippen LogP contribution in [0.15, 0.2) is 121 Å². The summed E-state index contributed by atoms with van der Waals surface area (Å²) in [7, 11) is 0. The van der Waals surface area contributed by atoms with Gasteiger partial charge in [-0.25, -0.2) is 9.80 Å². The van der Waals surface area contributed by atoms with E-state index in [4.69, 9.17) is 0 Å². The molecule has 6 nitrogen and oxygen atoms in total. The average molecular weight is 569 g/mol. The molecule has 0 aliphatic carbocycles. The molecule has 6 heteroatoms. The van der Waals surface area contributed by atoms with Crippen molar-refractivity contribution >= 4 is 35.0 Å². The molecule has 0 N–H and O–H groups in total. The summed E-state index contributed by atoms with van der Waals surface area (Å²) < 4.78 is 0. The van der Waals surface area contributed by atoms with Crippen molar-refractivity contribution in [2.75, 3.05) is 9.80 Å². The van der Waals surface area contributed by atoms with Crippen LogP contribution < -0.4 is 9.80 Å². The number of nitrogens with zero attached hydrogens (tertiary/aromatic N) is 2. The standard InChI is InChI=1S/C38H20N2O4/c41-35-31-21-15-27(13-11-25-7-3-1-4-8-25)23-33(31)37(43)39(35)29-17-19-30(20-18-29)40-36(42)32-22-16-28(24-34(32)38(40)44)14-12-26-9-5-2-6-10-26/h1-10,15-24H. The monoisotopic (exact) mass is 568 g/mol. The SMILES string of the molecule is O=C1c2ccc(C#Cc3ccccc3)cc2C(=O)N1c1ccc(N2C(=O)c3ccc(C#Cc4ccccc4)cc3C2=O)cc1. The van der Waals surface area contributed by atoms with Gasteiger partial charge in [-0.05, 0) is 84.9 Å². The molecule has 5 aromatic rings. The molecule has 5 aromatic carbocycles. The Hall–Kier alpha value is -6.50. The van der Waals surface area contributed by atoms with Gasteiger partial charge in [0.25, 0.3) is 23.6 Å². The molecule has 2 aliphatic heterocycles. The first-order valence-electron chi connectivity index (χ1n) is 13.8. The summed E-state index contributed by atoms with van der Waals surface area (Å²) in [6.45, 7) is 0. The van der Waals surface area contributed by atoms with E-state index in [1.807, 2.05) is 60.7 Å². The highest BCUT2D eigenvalue weighted by Crippen LogP contribution is 2.33. The molecule has 4 amide bonds. The molecule has 0 unspecified atom stereocenters. The lowest BCUT2D eigenvalue weighted by Crippen LogP contribution is -2.30. The van der Waals surface area contributed by atoms with Gasteiger partial charge in [0, 0.05) is 22.3 Å². The number of anilines is 2. The van der Waals surface area contributed by atoms with Gasteiger partial charge in [-0.3, -0.25) is 19.2 Å². The van der Waals surface area contributed by atoms with E-state index in [1.54, 1.807) is 60.7 Å². The van der Waals surface area contributed by atoms with Crippen LogP contribution in [0.3, 0.4) is 0 Å². The fourth-order valence-electron chi connectivity index (χ4n) is 5.19. The number of hydrogen-bond donors (Lipinski definition) is 0. The molecule has 0 saturated carbocycles. The van der Waals surface area contributed by atoms with Crippen LogP contribution in [0.5, 0.6) is 0 Å². The number of benzene rings is 5. The van der Waals surface area contributed by atoms with E-state index in [1.165, 1.54) is 0 Å². The van der Waals surface area contributed by atoms with Gasteiger partial charge < -0.3 is 0 Å². The topological polar surface area (TPSA) is 74.8 Å². The van der Waals surface area contributed by atoms with E-state index in [0.717, 1.165) is 20.9 Å². The van der Waals surface area contributed by atoms with E-state index >= 15 is 0 Å². The lowest BCUT2D eigenvalue weighted by molar-refractivity contribution is 0.0909. The molecule has 0 radical (unpaired) electrons. The number of carbonyl (C=O) groups excluding carboxylic acids is 4. The zero-order valence-corrected chi connectivity index (χ0v) is 23.1. The van der Waals surface area contributed by atoms with E-state index in [-0.39, 0.29) is 22.3 Å². The predicted molar refractivity (Wildman–Crippen MR) is 166 cm³/mol. The van der Waals surface area contributed by atoms with Gasteiger partial charge in [-0.1, -0.05) is 60.1 Å². The quantitative estimate of drug-likeness (QED) is 0.191. The number of hydrogen-bond acceptors (Lipinski definition) is 4. The first-order chi connectivity index (χ1) is 21.5. The van der Waals surface area contributed by atoms with Crippen LogP contribution in [-0.2, 0) is 0 Å². The van der Waals surface area contributed by atoms with Crippen LogP contribution >= 0.6 is 0 Å². The van der Waals surface area contributed by atoms with Crippen LogP contribution in [-0.4, -0.2) is 23.6 Å².